The van der Waals surface area contributed by atoms with Crippen molar-refractivity contribution in [1.82, 2.24) is 0 Å². The van der Waals surface area contributed by atoms with E-state index in [0.29, 0.717) is 0 Å². The van der Waals surface area contributed by atoms with Gasteiger partial charge in [-0.1, -0.05) is 50.6 Å². The fourth-order valence-corrected chi connectivity index (χ4v) is 1.69. The lowest BCUT2D eigenvalue weighted by Gasteiger charge is -2.10. The van der Waals surface area contributed by atoms with E-state index < -0.39 is 0 Å². The van der Waals surface area contributed by atoms with Crippen LogP contribution in [0.5, 0.6) is 0 Å². The number of benzene rings is 1. The molecular weight excluding hydrogens is 168 g/mol. The molecule has 0 amide bonds. The molecule has 0 nitrogen and oxygen atoms in total. The third-order valence-electron chi connectivity index (χ3n) is 2.00. The first kappa shape index (κ1) is 9.60. The predicted octanol–water partition coefficient (Wildman–Crippen LogP) is 3.86. The van der Waals surface area contributed by atoms with E-state index in [4.69, 9.17) is 11.6 Å². The number of hydrogen-bond acceptors (Lipinski definition) is 0. The molecule has 0 atom stereocenters. The normalized spacial score (nSPS) is 10.8. The number of halogens is 1. The molecule has 0 saturated carbocycles. The van der Waals surface area contributed by atoms with E-state index in [9.17, 15) is 0 Å². The molecule has 12 heavy (non-hydrogen) atoms. The second-order valence-electron chi connectivity index (χ2n) is 3.13. The maximum Gasteiger partial charge on any atom is 0.0475 e. The zero-order valence-corrected chi connectivity index (χ0v) is 8.57. The molecule has 65 valence electrons. The molecule has 0 spiro atoms. The molecule has 1 heteroatoms. The Labute approximate surface area is 79.6 Å². The van der Waals surface area contributed by atoms with Gasteiger partial charge in [-0.25, -0.2) is 0 Å². The van der Waals surface area contributed by atoms with Crippen LogP contribution in [-0.4, -0.2) is 0 Å². The van der Waals surface area contributed by atoms with Crippen LogP contribution >= 0.6 is 11.6 Å². The van der Waals surface area contributed by atoms with Gasteiger partial charge in [0.1, 0.15) is 0 Å². The Bertz CT molecular complexity index is 264. The van der Waals surface area contributed by atoms with Crippen molar-refractivity contribution in [3.63, 3.8) is 0 Å². The molecule has 0 N–H and O–H groups in total. The van der Waals surface area contributed by atoms with Gasteiger partial charge in [-0.15, -0.1) is 0 Å². The lowest BCUT2D eigenvalue weighted by molar-refractivity contribution is 1.10. The summed E-state index contributed by atoms with van der Waals surface area (Å²) >= 11 is 6.18. The van der Waals surface area contributed by atoms with E-state index >= 15 is 0 Å². The van der Waals surface area contributed by atoms with Crippen molar-refractivity contribution >= 4 is 11.6 Å². The molecule has 0 fully saturated rings. The van der Waals surface area contributed by atoms with Crippen molar-refractivity contribution in [2.75, 3.05) is 0 Å². The molecular formula is C11H14Cl. The average molecular weight is 182 g/mol. The van der Waals surface area contributed by atoms with Crippen LogP contribution in [0.4, 0.5) is 0 Å². The Morgan fingerprint density at radius 3 is 2.50 bits per heavy atom. The molecule has 1 aromatic carbocycles. The Morgan fingerprint density at radius 2 is 2.00 bits per heavy atom. The summed E-state index contributed by atoms with van der Waals surface area (Å²) in [5.74, 6) is 1.27. The Morgan fingerprint density at radius 1 is 1.33 bits per heavy atom. The first-order valence-electron chi connectivity index (χ1n) is 4.24. The van der Waals surface area contributed by atoms with Gasteiger partial charge in [-0.2, -0.15) is 0 Å². The van der Waals surface area contributed by atoms with E-state index in [2.05, 4.69) is 39.0 Å². The zero-order chi connectivity index (χ0) is 9.14. The van der Waals surface area contributed by atoms with Gasteiger partial charge in [-0.3, -0.25) is 0 Å². The molecule has 1 radical (unpaired) electrons. The number of hydrogen-bond donors (Lipinski definition) is 0. The minimum Gasteiger partial charge on any atom is -0.0837 e. The lowest BCUT2D eigenvalue weighted by atomic mass is 10.00. The van der Waals surface area contributed by atoms with Crippen molar-refractivity contribution in [2.45, 2.75) is 27.2 Å². The van der Waals surface area contributed by atoms with Crippen molar-refractivity contribution in [2.24, 2.45) is 0 Å². The van der Waals surface area contributed by atoms with Crippen LogP contribution in [0.15, 0.2) is 18.2 Å². The van der Waals surface area contributed by atoms with Crippen molar-refractivity contribution < 1.29 is 0 Å². The standard InChI is InChI=1S/C11H14Cl/c1-4-9-6-5-7-10(8(2)3)11(9)12/h5-7H,4H2,1-3H3. The van der Waals surface area contributed by atoms with Gasteiger partial charge < -0.3 is 0 Å². The van der Waals surface area contributed by atoms with Crippen molar-refractivity contribution in [3.05, 3.63) is 40.3 Å². The minimum atomic E-state index is 0.917. The largest absolute Gasteiger partial charge is 0.0837 e. The van der Waals surface area contributed by atoms with E-state index in [0.717, 1.165) is 11.4 Å². The summed E-state index contributed by atoms with van der Waals surface area (Å²) in [4.78, 5) is 0. The van der Waals surface area contributed by atoms with Crippen LogP contribution in [0.3, 0.4) is 0 Å². The van der Waals surface area contributed by atoms with Gasteiger partial charge in [-0.05, 0) is 17.5 Å². The molecule has 1 aromatic rings. The molecule has 1 rings (SSSR count). The van der Waals surface area contributed by atoms with Crippen LogP contribution in [-0.2, 0) is 6.42 Å². The highest BCUT2D eigenvalue weighted by molar-refractivity contribution is 6.32. The predicted molar refractivity (Wildman–Crippen MR) is 54.5 cm³/mol. The third kappa shape index (κ3) is 1.81. The minimum absolute atomic E-state index is 0.917. The monoisotopic (exact) mass is 181 g/mol. The summed E-state index contributed by atoms with van der Waals surface area (Å²) in [6.45, 7) is 6.29. The van der Waals surface area contributed by atoms with E-state index in [-0.39, 0.29) is 0 Å². The second-order valence-corrected chi connectivity index (χ2v) is 3.51. The van der Waals surface area contributed by atoms with Crippen LogP contribution in [0, 0.1) is 5.92 Å². The van der Waals surface area contributed by atoms with Gasteiger partial charge in [0.2, 0.25) is 0 Å². The highest BCUT2D eigenvalue weighted by atomic mass is 35.5. The average Bonchev–Trinajstić information content (AvgIpc) is 2.04. The Kier molecular flexibility index (Phi) is 3.16. The summed E-state index contributed by atoms with van der Waals surface area (Å²) in [5, 5.41) is 0.917. The van der Waals surface area contributed by atoms with Crippen LogP contribution < -0.4 is 0 Å². The molecule has 0 heterocycles. The molecule has 0 aliphatic carbocycles. The first-order valence-corrected chi connectivity index (χ1v) is 4.62. The Balaban J connectivity index is 3.14. The maximum absolute atomic E-state index is 6.18. The highest BCUT2D eigenvalue weighted by Crippen LogP contribution is 2.26. The smallest absolute Gasteiger partial charge is 0.0475 e. The van der Waals surface area contributed by atoms with Crippen molar-refractivity contribution in [3.8, 4) is 0 Å². The summed E-state index contributed by atoms with van der Waals surface area (Å²) < 4.78 is 0. The highest BCUT2D eigenvalue weighted by Gasteiger charge is 2.07. The fourth-order valence-electron chi connectivity index (χ4n) is 1.24. The molecule has 0 aliphatic rings. The molecule has 0 bridgehead atoms. The molecule has 0 saturated heterocycles. The lowest BCUT2D eigenvalue weighted by Crippen LogP contribution is -1.92. The van der Waals surface area contributed by atoms with Gasteiger partial charge in [0.25, 0.3) is 0 Å². The quantitative estimate of drug-likeness (QED) is 0.650. The zero-order valence-electron chi connectivity index (χ0n) is 7.82. The fraction of sp³-hybridized carbons (Fsp3) is 0.364. The number of rotatable bonds is 2. The van der Waals surface area contributed by atoms with Gasteiger partial charge >= 0.3 is 0 Å². The summed E-state index contributed by atoms with van der Waals surface area (Å²) in [6, 6.07) is 6.21. The Hall–Kier alpha value is -0.490. The second kappa shape index (κ2) is 3.95. The van der Waals surface area contributed by atoms with Gasteiger partial charge in [0, 0.05) is 10.9 Å². The molecule has 0 aromatic heterocycles. The van der Waals surface area contributed by atoms with E-state index in [1.807, 2.05) is 0 Å². The van der Waals surface area contributed by atoms with Crippen LogP contribution in [0.2, 0.25) is 5.02 Å². The number of aryl methyl sites for hydroxylation is 1. The summed E-state index contributed by atoms with van der Waals surface area (Å²) in [7, 11) is 0. The maximum atomic E-state index is 6.18. The third-order valence-corrected chi connectivity index (χ3v) is 2.44. The van der Waals surface area contributed by atoms with Crippen molar-refractivity contribution in [1.29, 1.82) is 0 Å². The van der Waals surface area contributed by atoms with Crippen LogP contribution in [0.1, 0.15) is 31.9 Å². The van der Waals surface area contributed by atoms with Gasteiger partial charge in [0.05, 0.1) is 0 Å². The van der Waals surface area contributed by atoms with E-state index in [1.165, 1.54) is 17.0 Å². The summed E-state index contributed by atoms with van der Waals surface area (Å²) in [5.41, 5.74) is 2.41. The van der Waals surface area contributed by atoms with Gasteiger partial charge in [0.15, 0.2) is 0 Å². The molecule has 0 unspecified atom stereocenters. The van der Waals surface area contributed by atoms with Crippen LogP contribution in [0.25, 0.3) is 0 Å². The molecule has 0 aliphatic heterocycles. The summed E-state index contributed by atoms with van der Waals surface area (Å²) in [6.07, 6.45) is 1.000. The topological polar surface area (TPSA) is 0 Å². The van der Waals surface area contributed by atoms with E-state index in [1.54, 1.807) is 0 Å². The SMILES string of the molecule is CCc1cccc([C](C)C)c1Cl. The first-order chi connectivity index (χ1) is 5.66.